The fourth-order valence-electron chi connectivity index (χ4n) is 4.44. The van der Waals surface area contributed by atoms with Crippen molar-refractivity contribution in [2.75, 3.05) is 13.2 Å². The van der Waals surface area contributed by atoms with Crippen LogP contribution < -0.4 is 20.7 Å². The lowest BCUT2D eigenvalue weighted by Crippen LogP contribution is -2.29. The summed E-state index contributed by atoms with van der Waals surface area (Å²) in [6.45, 7) is 5.93. The van der Waals surface area contributed by atoms with Crippen molar-refractivity contribution in [2.45, 2.75) is 78.1 Å². The fraction of sp³-hybridized carbons (Fsp3) is 0.389. The van der Waals surface area contributed by atoms with E-state index in [4.69, 9.17) is 15.3 Å². The van der Waals surface area contributed by atoms with Crippen molar-refractivity contribution in [3.63, 3.8) is 0 Å². The number of benzene rings is 3. The maximum Gasteiger partial charge on any atom is 0.265 e. The highest BCUT2D eigenvalue weighted by Crippen LogP contribution is 2.22. The van der Waals surface area contributed by atoms with Gasteiger partial charge in [-0.3, -0.25) is 10.2 Å². The van der Waals surface area contributed by atoms with E-state index in [1.807, 2.05) is 48.5 Å². The van der Waals surface area contributed by atoms with Crippen LogP contribution in [0.15, 0.2) is 83.5 Å². The van der Waals surface area contributed by atoms with Crippen LogP contribution in [-0.4, -0.2) is 34.3 Å². The summed E-state index contributed by atoms with van der Waals surface area (Å²) in [5.41, 5.74) is 5.31. The quantitative estimate of drug-likeness (QED) is 0.0497. The molecular weight excluding hydrogens is 630 g/mol. The number of ether oxygens (including phenoxy) is 2. The minimum atomic E-state index is -0.291. The number of carbonyl (C=O) groups is 1. The zero-order valence-electron chi connectivity index (χ0n) is 26.5. The number of nitrogens with zero attached hydrogens (tertiary/aromatic N) is 3. The number of hydrazine groups is 1. The second-order valence-electron chi connectivity index (χ2n) is 10.7. The van der Waals surface area contributed by atoms with E-state index in [2.05, 4.69) is 50.4 Å². The normalized spacial score (nSPS) is 10.5. The van der Waals surface area contributed by atoms with Gasteiger partial charge in [0, 0.05) is 21.2 Å². The van der Waals surface area contributed by atoms with Gasteiger partial charge in [-0.05, 0) is 73.5 Å². The van der Waals surface area contributed by atoms with Crippen molar-refractivity contribution >= 4 is 21.8 Å². The molecule has 0 radical (unpaired) electrons. The molecule has 240 valence electrons. The van der Waals surface area contributed by atoms with E-state index in [0.717, 1.165) is 58.8 Å². The Morgan fingerprint density at radius 1 is 0.689 bits per heavy atom. The fourth-order valence-corrected chi connectivity index (χ4v) is 4.70. The number of amides is 1. The topological polar surface area (TPSA) is 112 Å². The third kappa shape index (κ3) is 13.4. The van der Waals surface area contributed by atoms with Gasteiger partial charge in [-0.15, -0.1) is 10.2 Å². The number of hydrogen-bond donors (Lipinski definition) is 2. The summed E-state index contributed by atoms with van der Waals surface area (Å²) >= 11 is 3.43. The minimum absolute atomic E-state index is 0.291. The van der Waals surface area contributed by atoms with Gasteiger partial charge in [-0.25, -0.2) is 10.8 Å². The average molecular weight is 677 g/mol. The van der Waals surface area contributed by atoms with Gasteiger partial charge in [0.25, 0.3) is 5.91 Å². The molecule has 8 nitrogen and oxygen atoms in total. The van der Waals surface area contributed by atoms with Crippen molar-refractivity contribution in [2.24, 2.45) is 5.84 Å². The van der Waals surface area contributed by atoms with Crippen LogP contribution in [0.25, 0.3) is 22.6 Å². The van der Waals surface area contributed by atoms with Gasteiger partial charge in [0.05, 0.1) is 19.4 Å². The summed E-state index contributed by atoms with van der Waals surface area (Å²) < 4.78 is 12.4. The van der Waals surface area contributed by atoms with Crippen LogP contribution >= 0.6 is 15.9 Å². The molecule has 0 aliphatic heterocycles. The Morgan fingerprint density at radius 3 is 1.69 bits per heavy atom. The molecule has 0 fully saturated rings. The number of halogens is 1. The molecule has 0 saturated heterocycles. The number of unbranched alkanes of at least 4 members (excludes halogenated alkanes) is 8. The molecule has 4 aromatic rings. The first-order valence-electron chi connectivity index (χ1n) is 16.0. The number of rotatable bonds is 17. The number of nitrogens with two attached hydrogens (primary N) is 1. The summed E-state index contributed by atoms with van der Waals surface area (Å²) in [7, 11) is 0. The lowest BCUT2D eigenvalue weighted by atomic mass is 10.1. The summed E-state index contributed by atoms with van der Waals surface area (Å²) in [5, 5.41) is 8.57. The van der Waals surface area contributed by atoms with Crippen molar-refractivity contribution in [3.8, 4) is 34.1 Å². The van der Waals surface area contributed by atoms with Gasteiger partial charge in [0.2, 0.25) is 0 Å². The van der Waals surface area contributed by atoms with Gasteiger partial charge < -0.3 is 9.47 Å². The van der Waals surface area contributed by atoms with E-state index in [0.29, 0.717) is 11.4 Å². The molecular formula is C36H46BrN5O3. The van der Waals surface area contributed by atoms with Gasteiger partial charge >= 0.3 is 0 Å². The summed E-state index contributed by atoms with van der Waals surface area (Å²) in [4.78, 5) is 15.7. The van der Waals surface area contributed by atoms with Crippen LogP contribution in [0.1, 0.15) is 88.4 Å². The van der Waals surface area contributed by atoms with Crippen molar-refractivity contribution in [1.29, 1.82) is 0 Å². The molecule has 0 aliphatic rings. The minimum Gasteiger partial charge on any atom is -0.494 e. The standard InChI is InChI=1S/C22H24BrN3O.C14H22N2O2/c1-2-3-4-5-6-15-27-20-13-9-18(10-14-20)22-24-16-21(25-26-22)17-7-11-19(23)12-8-17;1-2-3-4-5-6-11-18-13-9-7-12(8-10-13)14(17)16-15/h7-14,16H,2-6,15H2,1H3;7-10H,2-6,11,15H2,1H3,(H,16,17). The smallest absolute Gasteiger partial charge is 0.265 e. The number of hydrogen-bond acceptors (Lipinski definition) is 7. The molecule has 0 unspecified atom stereocenters. The average Bonchev–Trinajstić information content (AvgIpc) is 3.09. The van der Waals surface area contributed by atoms with Crippen LogP contribution in [0.5, 0.6) is 11.5 Å². The maximum absolute atomic E-state index is 11.2. The number of nitrogen functional groups attached to an aromatic ring is 1. The highest BCUT2D eigenvalue weighted by atomic mass is 79.9. The second kappa shape index (κ2) is 21.0. The van der Waals surface area contributed by atoms with Crippen LogP contribution in [0, 0.1) is 0 Å². The molecule has 4 rings (SSSR count). The lowest BCUT2D eigenvalue weighted by molar-refractivity contribution is 0.0953. The Balaban J connectivity index is 0.000000268. The van der Waals surface area contributed by atoms with Crippen LogP contribution in [0.2, 0.25) is 0 Å². The third-order valence-electron chi connectivity index (χ3n) is 7.09. The molecule has 45 heavy (non-hydrogen) atoms. The highest BCUT2D eigenvalue weighted by Gasteiger charge is 2.06. The zero-order valence-corrected chi connectivity index (χ0v) is 28.1. The summed E-state index contributed by atoms with van der Waals surface area (Å²) in [6.07, 6.45) is 14.1. The Labute approximate surface area is 276 Å². The molecule has 0 aliphatic carbocycles. The van der Waals surface area contributed by atoms with E-state index < -0.39 is 0 Å². The molecule has 1 amide bonds. The number of nitrogens with one attached hydrogen (secondary N) is 1. The molecule has 1 heterocycles. The summed E-state index contributed by atoms with van der Waals surface area (Å²) in [6, 6.07) is 22.8. The Morgan fingerprint density at radius 2 is 1.20 bits per heavy atom. The summed E-state index contributed by atoms with van der Waals surface area (Å²) in [5.74, 6) is 7.05. The SMILES string of the molecule is CCCCCCCOc1ccc(-c2ncc(-c3ccc(Br)cc3)nn2)cc1.CCCCCCCOc1ccc(C(=O)NN)cc1. The predicted molar refractivity (Wildman–Crippen MR) is 185 cm³/mol. The predicted octanol–water partition coefficient (Wildman–Crippen LogP) is 8.96. The highest BCUT2D eigenvalue weighted by molar-refractivity contribution is 9.10. The van der Waals surface area contributed by atoms with Gasteiger partial charge in [-0.1, -0.05) is 93.3 Å². The number of carbonyl (C=O) groups excluding carboxylic acids is 1. The molecule has 3 N–H and O–H groups in total. The van der Waals surface area contributed by atoms with Crippen LogP contribution in [0.4, 0.5) is 0 Å². The molecule has 1 aromatic heterocycles. The molecule has 0 saturated carbocycles. The zero-order chi connectivity index (χ0) is 32.1. The van der Waals surface area contributed by atoms with Gasteiger partial charge in [-0.2, -0.15) is 0 Å². The first kappa shape index (κ1) is 35.7. The van der Waals surface area contributed by atoms with Crippen LogP contribution in [0.3, 0.4) is 0 Å². The number of aromatic nitrogens is 3. The van der Waals surface area contributed by atoms with Gasteiger partial charge in [0.1, 0.15) is 17.2 Å². The van der Waals surface area contributed by atoms with Crippen LogP contribution in [-0.2, 0) is 0 Å². The monoisotopic (exact) mass is 675 g/mol. The lowest BCUT2D eigenvalue weighted by Gasteiger charge is -2.07. The first-order valence-corrected chi connectivity index (χ1v) is 16.8. The molecule has 3 aromatic carbocycles. The Kier molecular flexibility index (Phi) is 16.6. The second-order valence-corrected chi connectivity index (χ2v) is 11.6. The molecule has 0 spiro atoms. The first-order chi connectivity index (χ1) is 22.0. The van der Waals surface area contributed by atoms with Crippen molar-refractivity contribution in [1.82, 2.24) is 20.6 Å². The molecule has 0 atom stereocenters. The Bertz CT molecular complexity index is 1370. The maximum atomic E-state index is 11.2. The molecule has 9 heteroatoms. The third-order valence-corrected chi connectivity index (χ3v) is 7.62. The van der Waals surface area contributed by atoms with E-state index >= 15 is 0 Å². The van der Waals surface area contributed by atoms with Crippen molar-refractivity contribution in [3.05, 3.63) is 89.0 Å². The largest absolute Gasteiger partial charge is 0.494 e. The van der Waals surface area contributed by atoms with E-state index in [1.165, 1.54) is 51.4 Å². The van der Waals surface area contributed by atoms with E-state index in [1.54, 1.807) is 30.5 Å². The van der Waals surface area contributed by atoms with E-state index in [-0.39, 0.29) is 5.91 Å². The van der Waals surface area contributed by atoms with E-state index in [9.17, 15) is 4.79 Å². The Hall–Kier alpha value is -3.82. The van der Waals surface area contributed by atoms with Gasteiger partial charge in [0.15, 0.2) is 5.82 Å². The molecule has 0 bridgehead atoms. The van der Waals surface area contributed by atoms with Crippen molar-refractivity contribution < 1.29 is 14.3 Å².